The SMILES string of the molecule is CN1CC2C(=C1C(=O)Nc1ccc(F)c(C#N)c1)CCC(C(F)(F)F)NS2(=O)=O. The Morgan fingerprint density at radius 2 is 2.07 bits per heavy atom. The van der Waals surface area contributed by atoms with Gasteiger partial charge in [-0.15, -0.1) is 0 Å². The van der Waals surface area contributed by atoms with Crippen molar-refractivity contribution in [3.63, 3.8) is 0 Å². The van der Waals surface area contributed by atoms with Gasteiger partial charge in [0.05, 0.1) is 5.56 Å². The molecule has 0 spiro atoms. The van der Waals surface area contributed by atoms with E-state index in [9.17, 15) is 30.8 Å². The topological polar surface area (TPSA) is 102 Å². The number of carbonyl (C=O) groups is 1. The molecule has 1 amide bonds. The summed E-state index contributed by atoms with van der Waals surface area (Å²) < 4.78 is 79.3. The molecular weight excluding hydrogens is 416 g/mol. The van der Waals surface area contributed by atoms with Crippen LogP contribution in [0.3, 0.4) is 0 Å². The van der Waals surface area contributed by atoms with E-state index in [0.717, 1.165) is 12.1 Å². The van der Waals surface area contributed by atoms with E-state index >= 15 is 0 Å². The predicted molar refractivity (Wildman–Crippen MR) is 94.3 cm³/mol. The molecule has 12 heteroatoms. The summed E-state index contributed by atoms with van der Waals surface area (Å²) in [6, 6.07) is 2.71. The Kier molecular flexibility index (Phi) is 5.31. The van der Waals surface area contributed by atoms with E-state index in [0.29, 0.717) is 0 Å². The van der Waals surface area contributed by atoms with Gasteiger partial charge in [-0.1, -0.05) is 0 Å². The number of carbonyl (C=O) groups excluding carboxylic acids is 1. The first kappa shape index (κ1) is 21.1. The van der Waals surface area contributed by atoms with Crippen LogP contribution in [0.1, 0.15) is 18.4 Å². The highest BCUT2D eigenvalue weighted by Gasteiger charge is 2.49. The molecule has 0 aromatic heterocycles. The monoisotopic (exact) mass is 432 g/mol. The van der Waals surface area contributed by atoms with Gasteiger partial charge in [-0.3, -0.25) is 4.79 Å². The molecule has 156 valence electrons. The van der Waals surface area contributed by atoms with Gasteiger partial charge in [-0.05, 0) is 36.6 Å². The molecular formula is C17H16F4N4O3S. The van der Waals surface area contributed by atoms with Gasteiger partial charge in [0.15, 0.2) is 0 Å². The molecule has 0 saturated carbocycles. The summed E-state index contributed by atoms with van der Waals surface area (Å²) in [4.78, 5) is 14.1. The number of nitrogens with one attached hydrogen (secondary N) is 2. The number of sulfonamides is 1. The summed E-state index contributed by atoms with van der Waals surface area (Å²) in [5, 5.41) is 10.0. The van der Waals surface area contributed by atoms with Crippen LogP contribution in [0, 0.1) is 17.1 Å². The molecule has 0 bridgehead atoms. The van der Waals surface area contributed by atoms with Gasteiger partial charge in [-0.2, -0.15) is 18.4 Å². The van der Waals surface area contributed by atoms with Crippen LogP contribution in [-0.4, -0.2) is 50.3 Å². The third-order valence-electron chi connectivity index (χ3n) is 4.85. The van der Waals surface area contributed by atoms with Crippen LogP contribution in [0.25, 0.3) is 0 Å². The van der Waals surface area contributed by atoms with Crippen molar-refractivity contribution >= 4 is 21.6 Å². The van der Waals surface area contributed by atoms with Crippen molar-refractivity contribution < 1.29 is 30.8 Å². The first-order valence-corrected chi connectivity index (χ1v) is 10.0. The van der Waals surface area contributed by atoms with Crippen molar-refractivity contribution in [3.8, 4) is 6.07 Å². The fraction of sp³-hybridized carbons (Fsp3) is 0.412. The average Bonchev–Trinajstić information content (AvgIpc) is 2.89. The van der Waals surface area contributed by atoms with Crippen molar-refractivity contribution in [1.82, 2.24) is 9.62 Å². The summed E-state index contributed by atoms with van der Waals surface area (Å²) in [5.74, 6) is -1.52. The van der Waals surface area contributed by atoms with Crippen molar-refractivity contribution in [2.45, 2.75) is 30.3 Å². The Morgan fingerprint density at radius 1 is 1.38 bits per heavy atom. The minimum atomic E-state index is -4.75. The van der Waals surface area contributed by atoms with Crippen molar-refractivity contribution in [3.05, 3.63) is 40.8 Å². The summed E-state index contributed by atoms with van der Waals surface area (Å²) in [7, 11) is -2.90. The Balaban J connectivity index is 1.95. The lowest BCUT2D eigenvalue weighted by Crippen LogP contribution is -2.47. The van der Waals surface area contributed by atoms with Crippen LogP contribution in [0.15, 0.2) is 29.5 Å². The van der Waals surface area contributed by atoms with E-state index in [1.807, 2.05) is 0 Å². The lowest BCUT2D eigenvalue weighted by atomic mass is 10.0. The molecule has 2 aliphatic rings. The standard InChI is InChI=1S/C17H16F4N4O3S/c1-25-8-13-11(3-5-14(17(19,20)21)24-29(13,27)28)15(25)16(26)23-10-2-4-12(18)9(6-10)7-22/h2,4,6,13-14,24H,3,5,8H2,1H3,(H,23,26). The minimum absolute atomic E-state index is 0.0500. The zero-order valence-electron chi connectivity index (χ0n) is 15.0. The molecule has 0 radical (unpaired) electrons. The van der Waals surface area contributed by atoms with Gasteiger partial charge in [0, 0.05) is 19.3 Å². The maximum Gasteiger partial charge on any atom is 0.404 e. The Morgan fingerprint density at radius 3 is 2.69 bits per heavy atom. The molecule has 1 aromatic rings. The van der Waals surface area contributed by atoms with Gasteiger partial charge in [0.25, 0.3) is 5.91 Å². The third-order valence-corrected chi connectivity index (χ3v) is 6.65. The quantitative estimate of drug-likeness (QED) is 0.695. The van der Waals surface area contributed by atoms with Gasteiger partial charge in [0.1, 0.15) is 28.9 Å². The second kappa shape index (κ2) is 7.31. The van der Waals surface area contributed by atoms with Gasteiger partial charge < -0.3 is 10.2 Å². The zero-order valence-corrected chi connectivity index (χ0v) is 15.9. The van der Waals surface area contributed by atoms with Crippen LogP contribution < -0.4 is 10.0 Å². The molecule has 2 N–H and O–H groups in total. The molecule has 0 aliphatic carbocycles. The molecule has 2 aliphatic heterocycles. The van der Waals surface area contributed by atoms with E-state index in [2.05, 4.69) is 5.32 Å². The van der Waals surface area contributed by atoms with Crippen molar-refractivity contribution in [2.24, 2.45) is 0 Å². The number of fused-ring (bicyclic) bond motifs is 1. The van der Waals surface area contributed by atoms with Crippen LogP contribution >= 0.6 is 0 Å². The number of nitrogens with zero attached hydrogens (tertiary/aromatic N) is 2. The van der Waals surface area contributed by atoms with E-state index in [4.69, 9.17) is 5.26 Å². The second-order valence-electron chi connectivity index (χ2n) is 6.80. The highest BCUT2D eigenvalue weighted by Crippen LogP contribution is 2.37. The number of likely N-dealkylation sites (N-methyl/N-ethyl adjacent to an activating group) is 1. The minimum Gasteiger partial charge on any atom is -0.368 e. The molecule has 2 atom stereocenters. The zero-order chi connectivity index (χ0) is 21.6. The third kappa shape index (κ3) is 4.06. The summed E-state index contributed by atoms with van der Waals surface area (Å²) in [5.41, 5.74) is -0.161. The number of hydrogen-bond donors (Lipinski definition) is 2. The van der Waals surface area contributed by atoms with E-state index in [-0.39, 0.29) is 35.5 Å². The normalized spacial score (nSPS) is 23.9. The second-order valence-corrected chi connectivity index (χ2v) is 8.69. The number of amides is 1. The highest BCUT2D eigenvalue weighted by molar-refractivity contribution is 7.90. The summed E-state index contributed by atoms with van der Waals surface area (Å²) in [6.45, 7) is -0.176. The molecule has 29 heavy (non-hydrogen) atoms. The Hall–Kier alpha value is -2.65. The fourth-order valence-corrected chi connectivity index (χ4v) is 5.32. The Bertz CT molecular complexity index is 1030. The molecule has 2 unspecified atom stereocenters. The van der Waals surface area contributed by atoms with Crippen LogP contribution in [0.5, 0.6) is 0 Å². The van der Waals surface area contributed by atoms with Crippen LogP contribution in [0.4, 0.5) is 23.2 Å². The first-order valence-electron chi connectivity index (χ1n) is 8.47. The van der Waals surface area contributed by atoms with E-state index in [1.54, 1.807) is 10.8 Å². The number of benzene rings is 1. The largest absolute Gasteiger partial charge is 0.404 e. The number of halogens is 4. The lowest BCUT2D eigenvalue weighted by Gasteiger charge is -2.21. The average molecular weight is 432 g/mol. The van der Waals surface area contributed by atoms with Crippen molar-refractivity contribution in [1.29, 1.82) is 5.26 Å². The predicted octanol–water partition coefficient (Wildman–Crippen LogP) is 1.85. The lowest BCUT2D eigenvalue weighted by molar-refractivity contribution is -0.152. The summed E-state index contributed by atoms with van der Waals surface area (Å²) >= 11 is 0. The maximum atomic E-state index is 13.4. The molecule has 2 heterocycles. The molecule has 7 nitrogen and oxygen atoms in total. The van der Waals surface area contributed by atoms with Crippen LogP contribution in [0.2, 0.25) is 0 Å². The number of alkyl halides is 3. The highest BCUT2D eigenvalue weighted by atomic mass is 32.2. The molecule has 1 fully saturated rings. The maximum absolute atomic E-state index is 13.4. The molecule has 3 rings (SSSR count). The first-order chi connectivity index (χ1) is 13.4. The van der Waals surface area contributed by atoms with E-state index < -0.39 is 45.6 Å². The van der Waals surface area contributed by atoms with Gasteiger partial charge in [0.2, 0.25) is 10.0 Å². The smallest absolute Gasteiger partial charge is 0.368 e. The van der Waals surface area contributed by atoms with Crippen molar-refractivity contribution in [2.75, 3.05) is 18.9 Å². The number of hydrogen-bond acceptors (Lipinski definition) is 5. The molecule has 1 aromatic carbocycles. The Labute approximate surface area is 164 Å². The number of rotatable bonds is 2. The van der Waals surface area contributed by atoms with Gasteiger partial charge in [-0.25, -0.2) is 17.5 Å². The number of anilines is 1. The van der Waals surface area contributed by atoms with Gasteiger partial charge >= 0.3 is 6.18 Å². The number of nitriles is 1. The van der Waals surface area contributed by atoms with E-state index in [1.165, 1.54) is 18.0 Å². The summed E-state index contributed by atoms with van der Waals surface area (Å²) in [6.07, 6.45) is -5.52. The van der Waals surface area contributed by atoms with Crippen LogP contribution in [-0.2, 0) is 14.8 Å². The fourth-order valence-electron chi connectivity index (χ4n) is 3.48. The molecule has 1 saturated heterocycles.